The highest BCUT2D eigenvalue weighted by atomic mass is 35.5. The smallest absolute Gasteiger partial charge is 0.308 e. The molecule has 132 valence electrons. The number of aromatic nitrogens is 2. The van der Waals surface area contributed by atoms with Crippen molar-refractivity contribution in [2.75, 3.05) is 10.6 Å². The quantitative estimate of drug-likeness (QED) is 0.730. The van der Waals surface area contributed by atoms with Crippen LogP contribution in [0.1, 0.15) is 5.56 Å². The summed E-state index contributed by atoms with van der Waals surface area (Å²) < 4.78 is 14.2. The van der Waals surface area contributed by atoms with Crippen molar-refractivity contribution in [1.29, 1.82) is 0 Å². The third-order valence-electron chi connectivity index (χ3n) is 3.67. The van der Waals surface area contributed by atoms with Crippen molar-refractivity contribution in [2.45, 2.75) is 6.92 Å². The van der Waals surface area contributed by atoms with Gasteiger partial charge in [0, 0.05) is 23.1 Å². The van der Waals surface area contributed by atoms with E-state index >= 15 is 0 Å². The van der Waals surface area contributed by atoms with Crippen molar-refractivity contribution in [3.63, 3.8) is 0 Å². The van der Waals surface area contributed by atoms with E-state index < -0.39 is 17.4 Å². The Balaban J connectivity index is 1.85. The van der Waals surface area contributed by atoms with Crippen molar-refractivity contribution in [1.82, 2.24) is 9.55 Å². The number of anilines is 2. The molecule has 0 radical (unpaired) electrons. The summed E-state index contributed by atoms with van der Waals surface area (Å²) in [5.74, 6) is -0.563. The highest BCUT2D eigenvalue weighted by Gasteiger charge is 2.12. The summed E-state index contributed by atoms with van der Waals surface area (Å²) in [5.41, 5.74) is 1.19. The molecular formula is C18H14ClFN4O2. The molecule has 0 aliphatic carbocycles. The number of carbonyl (C=O) groups is 1. The summed E-state index contributed by atoms with van der Waals surface area (Å²) >= 11 is 6.10. The molecule has 0 atom stereocenters. The normalized spacial score (nSPS) is 10.4. The van der Waals surface area contributed by atoms with Crippen molar-refractivity contribution >= 4 is 29.1 Å². The van der Waals surface area contributed by atoms with E-state index in [1.165, 1.54) is 41.2 Å². The molecule has 0 bridgehead atoms. The maximum atomic E-state index is 12.9. The monoisotopic (exact) mass is 372 g/mol. The zero-order chi connectivity index (χ0) is 18.7. The lowest BCUT2D eigenvalue weighted by atomic mass is 10.2. The first-order valence-electron chi connectivity index (χ1n) is 7.62. The molecule has 0 fully saturated rings. The van der Waals surface area contributed by atoms with E-state index in [1.807, 2.05) is 0 Å². The zero-order valence-corrected chi connectivity index (χ0v) is 14.4. The number of carbonyl (C=O) groups excluding carboxylic acids is 1. The average Bonchev–Trinajstić information content (AvgIpc) is 2.61. The highest BCUT2D eigenvalue weighted by Crippen LogP contribution is 2.21. The highest BCUT2D eigenvalue weighted by molar-refractivity contribution is 6.31. The molecule has 2 aromatic carbocycles. The summed E-state index contributed by atoms with van der Waals surface area (Å²) in [6.07, 6.45) is 2.89. The van der Waals surface area contributed by atoms with Crippen LogP contribution in [0.5, 0.6) is 0 Å². The Hall–Kier alpha value is -3.19. The lowest BCUT2D eigenvalue weighted by Gasteiger charge is -2.12. The Bertz CT molecular complexity index is 1020. The van der Waals surface area contributed by atoms with Gasteiger partial charge in [-0.05, 0) is 48.9 Å². The lowest BCUT2D eigenvalue weighted by molar-refractivity contribution is 0.262. The number of nitrogens with zero attached hydrogens (tertiary/aromatic N) is 2. The molecule has 26 heavy (non-hydrogen) atoms. The lowest BCUT2D eigenvalue weighted by Crippen LogP contribution is -2.28. The van der Waals surface area contributed by atoms with Crippen LogP contribution in [0.3, 0.4) is 0 Å². The molecule has 0 saturated carbocycles. The Morgan fingerprint density at radius 1 is 1.15 bits per heavy atom. The molecule has 1 heterocycles. The van der Waals surface area contributed by atoms with Gasteiger partial charge < -0.3 is 5.32 Å². The van der Waals surface area contributed by atoms with E-state index in [0.717, 1.165) is 5.56 Å². The molecule has 6 nitrogen and oxygen atoms in total. The molecule has 2 amide bonds. The van der Waals surface area contributed by atoms with Gasteiger partial charge in [-0.1, -0.05) is 17.7 Å². The van der Waals surface area contributed by atoms with Crippen LogP contribution in [0.15, 0.2) is 59.7 Å². The third-order valence-corrected chi connectivity index (χ3v) is 4.08. The Kier molecular flexibility index (Phi) is 4.99. The van der Waals surface area contributed by atoms with Gasteiger partial charge in [0.1, 0.15) is 5.82 Å². The minimum absolute atomic E-state index is 0.147. The largest absolute Gasteiger partial charge is 0.325 e. The van der Waals surface area contributed by atoms with Crippen LogP contribution < -0.4 is 16.2 Å². The molecule has 0 unspecified atom stereocenters. The molecule has 0 spiro atoms. The third kappa shape index (κ3) is 3.73. The van der Waals surface area contributed by atoms with Crippen molar-refractivity contribution in [2.24, 2.45) is 0 Å². The molecule has 0 saturated heterocycles. The molecule has 3 aromatic rings. The average molecular weight is 373 g/mol. The summed E-state index contributed by atoms with van der Waals surface area (Å²) in [6, 6.07) is 9.76. The van der Waals surface area contributed by atoms with Gasteiger partial charge in [0.05, 0.1) is 5.69 Å². The molecule has 1 aromatic heterocycles. The Morgan fingerprint density at radius 2 is 1.88 bits per heavy atom. The van der Waals surface area contributed by atoms with Crippen LogP contribution >= 0.6 is 11.6 Å². The summed E-state index contributed by atoms with van der Waals surface area (Å²) in [7, 11) is 0. The van der Waals surface area contributed by atoms with E-state index in [4.69, 9.17) is 11.6 Å². The number of urea groups is 1. The van der Waals surface area contributed by atoms with Gasteiger partial charge in [-0.3, -0.25) is 14.7 Å². The minimum atomic E-state index is -0.665. The topological polar surface area (TPSA) is 76.0 Å². The predicted molar refractivity (Wildman–Crippen MR) is 98.6 cm³/mol. The van der Waals surface area contributed by atoms with Gasteiger partial charge >= 0.3 is 6.03 Å². The maximum absolute atomic E-state index is 12.9. The molecular weight excluding hydrogens is 359 g/mol. The second-order valence-electron chi connectivity index (χ2n) is 5.42. The number of rotatable bonds is 3. The summed E-state index contributed by atoms with van der Waals surface area (Å²) in [4.78, 5) is 28.6. The summed E-state index contributed by atoms with van der Waals surface area (Å²) in [5, 5.41) is 5.42. The SMILES string of the molecule is Cc1c(Cl)cccc1-n1ccnc(NC(=O)Nc2ccc(F)cc2)c1=O. The van der Waals surface area contributed by atoms with Gasteiger partial charge in [-0.25, -0.2) is 14.2 Å². The number of hydrogen-bond acceptors (Lipinski definition) is 3. The first-order chi connectivity index (χ1) is 12.5. The molecule has 8 heteroatoms. The van der Waals surface area contributed by atoms with Crippen LogP contribution in [0.25, 0.3) is 5.69 Å². The number of halogens is 2. The van der Waals surface area contributed by atoms with Gasteiger partial charge in [0.2, 0.25) is 5.82 Å². The van der Waals surface area contributed by atoms with E-state index in [2.05, 4.69) is 15.6 Å². The molecule has 3 rings (SSSR count). The van der Waals surface area contributed by atoms with Crippen LogP contribution in [-0.2, 0) is 0 Å². The van der Waals surface area contributed by atoms with Crippen LogP contribution in [0, 0.1) is 12.7 Å². The number of hydrogen-bond donors (Lipinski definition) is 2. The minimum Gasteiger partial charge on any atom is -0.308 e. The van der Waals surface area contributed by atoms with Crippen LogP contribution in [0.2, 0.25) is 5.02 Å². The van der Waals surface area contributed by atoms with Crippen molar-refractivity contribution in [3.05, 3.63) is 81.6 Å². The van der Waals surface area contributed by atoms with E-state index in [0.29, 0.717) is 16.4 Å². The molecule has 0 aliphatic heterocycles. The second kappa shape index (κ2) is 7.37. The Labute approximate surface area is 153 Å². The fourth-order valence-corrected chi connectivity index (χ4v) is 2.52. The Morgan fingerprint density at radius 3 is 2.62 bits per heavy atom. The van der Waals surface area contributed by atoms with Crippen LogP contribution in [0.4, 0.5) is 20.7 Å². The fourth-order valence-electron chi connectivity index (χ4n) is 2.35. The standard InChI is InChI=1S/C18H14ClFN4O2/c1-11-14(19)3-2-4-15(11)24-10-9-21-16(17(24)25)23-18(26)22-13-7-5-12(20)6-8-13/h2-10H,1H3,(H2,21,22,23,26). The first kappa shape index (κ1) is 17.6. The van der Waals surface area contributed by atoms with Crippen molar-refractivity contribution in [3.8, 4) is 5.69 Å². The number of nitrogens with one attached hydrogen (secondary N) is 2. The van der Waals surface area contributed by atoms with Gasteiger partial charge in [-0.2, -0.15) is 0 Å². The van der Waals surface area contributed by atoms with Gasteiger partial charge in [0.25, 0.3) is 5.56 Å². The van der Waals surface area contributed by atoms with Gasteiger partial charge in [-0.15, -0.1) is 0 Å². The van der Waals surface area contributed by atoms with E-state index in [9.17, 15) is 14.0 Å². The molecule has 0 aliphatic rings. The number of amides is 2. The van der Waals surface area contributed by atoms with Crippen LogP contribution in [-0.4, -0.2) is 15.6 Å². The van der Waals surface area contributed by atoms with E-state index in [-0.39, 0.29) is 5.82 Å². The maximum Gasteiger partial charge on any atom is 0.325 e. The number of benzene rings is 2. The van der Waals surface area contributed by atoms with Crippen molar-refractivity contribution < 1.29 is 9.18 Å². The van der Waals surface area contributed by atoms with E-state index in [1.54, 1.807) is 25.1 Å². The molecule has 2 N–H and O–H groups in total. The first-order valence-corrected chi connectivity index (χ1v) is 8.00. The summed E-state index contributed by atoms with van der Waals surface area (Å²) in [6.45, 7) is 1.79. The fraction of sp³-hybridized carbons (Fsp3) is 0.0556. The second-order valence-corrected chi connectivity index (χ2v) is 5.83. The van der Waals surface area contributed by atoms with Gasteiger partial charge in [0.15, 0.2) is 0 Å². The zero-order valence-electron chi connectivity index (χ0n) is 13.7. The predicted octanol–water partition coefficient (Wildman–Crippen LogP) is 3.98.